The number of nitrogens with zero attached hydrogens (tertiary/aromatic N) is 2. The van der Waals surface area contributed by atoms with E-state index in [1.165, 1.54) is 16.9 Å². The molecule has 5 heteroatoms. The van der Waals surface area contributed by atoms with Crippen molar-refractivity contribution in [3.8, 4) is 0 Å². The van der Waals surface area contributed by atoms with Gasteiger partial charge in [-0.2, -0.15) is 0 Å². The van der Waals surface area contributed by atoms with Crippen LogP contribution in [0.2, 0.25) is 0 Å². The molecule has 104 valence electrons. The molecule has 1 atom stereocenters. The Morgan fingerprint density at radius 1 is 1.40 bits per heavy atom. The lowest BCUT2D eigenvalue weighted by Crippen LogP contribution is -2.46. The summed E-state index contributed by atoms with van der Waals surface area (Å²) in [7, 11) is 0. The van der Waals surface area contributed by atoms with Crippen molar-refractivity contribution < 1.29 is 9.90 Å². The first-order valence-corrected chi connectivity index (χ1v) is 7.51. The number of carboxylic acids is 1. The highest BCUT2D eigenvalue weighted by Gasteiger charge is 2.33. The van der Waals surface area contributed by atoms with Crippen LogP contribution in [0.25, 0.3) is 0 Å². The molecule has 1 N–H and O–H groups in total. The number of benzene rings is 1. The van der Waals surface area contributed by atoms with Gasteiger partial charge < -0.3 is 5.11 Å². The molecular weight excluding hydrogens is 272 g/mol. The molecule has 0 amide bonds. The molecule has 2 heterocycles. The van der Waals surface area contributed by atoms with Crippen molar-refractivity contribution in [3.05, 3.63) is 52.0 Å². The van der Waals surface area contributed by atoms with Gasteiger partial charge in [-0.15, -0.1) is 11.3 Å². The molecule has 0 aliphatic carbocycles. The van der Waals surface area contributed by atoms with Gasteiger partial charge in [0.05, 0.1) is 6.04 Å². The standard InChI is InChI=1S/C15H16N2O2S/c1-10(14-16-13(9-20-14)15(18)19)17-7-12(8-17)11-5-3-2-4-6-11/h2-6,9-10,12H,7-8H2,1H3,(H,18,19). The smallest absolute Gasteiger partial charge is 0.355 e. The van der Waals surface area contributed by atoms with E-state index in [9.17, 15) is 4.79 Å². The summed E-state index contributed by atoms with van der Waals surface area (Å²) in [5, 5.41) is 11.4. The minimum absolute atomic E-state index is 0.150. The maximum Gasteiger partial charge on any atom is 0.355 e. The van der Waals surface area contributed by atoms with Crippen LogP contribution in [0.3, 0.4) is 0 Å². The lowest BCUT2D eigenvalue weighted by atomic mass is 9.90. The molecule has 4 nitrogen and oxygen atoms in total. The monoisotopic (exact) mass is 288 g/mol. The molecule has 1 aliphatic heterocycles. The maximum atomic E-state index is 10.9. The second kappa shape index (κ2) is 5.34. The van der Waals surface area contributed by atoms with Gasteiger partial charge >= 0.3 is 5.97 Å². The summed E-state index contributed by atoms with van der Waals surface area (Å²) in [6, 6.07) is 10.7. The van der Waals surface area contributed by atoms with E-state index in [4.69, 9.17) is 5.11 Å². The summed E-state index contributed by atoms with van der Waals surface area (Å²) in [6.07, 6.45) is 0. The predicted octanol–water partition coefficient (Wildman–Crippen LogP) is 3.00. The summed E-state index contributed by atoms with van der Waals surface area (Å²) in [5.74, 6) is -0.372. The van der Waals surface area contributed by atoms with Gasteiger partial charge in [0.15, 0.2) is 5.69 Å². The van der Waals surface area contributed by atoms with Gasteiger partial charge in [0.1, 0.15) is 5.01 Å². The molecular formula is C15H16N2O2S. The van der Waals surface area contributed by atoms with E-state index in [0.717, 1.165) is 18.1 Å². The zero-order chi connectivity index (χ0) is 14.1. The summed E-state index contributed by atoms with van der Waals surface area (Å²) in [5.41, 5.74) is 1.53. The number of rotatable bonds is 4. The van der Waals surface area contributed by atoms with Crippen molar-refractivity contribution in [3.63, 3.8) is 0 Å². The van der Waals surface area contributed by atoms with E-state index in [1.54, 1.807) is 5.38 Å². The molecule has 1 aliphatic rings. The zero-order valence-electron chi connectivity index (χ0n) is 11.2. The van der Waals surface area contributed by atoms with Crippen LogP contribution in [0.1, 0.15) is 39.9 Å². The average Bonchev–Trinajstić information content (AvgIpc) is 2.88. The van der Waals surface area contributed by atoms with Gasteiger partial charge in [-0.05, 0) is 12.5 Å². The number of thiazole rings is 1. The molecule has 20 heavy (non-hydrogen) atoms. The predicted molar refractivity (Wildman–Crippen MR) is 78.2 cm³/mol. The number of carbonyl (C=O) groups is 1. The van der Waals surface area contributed by atoms with Crippen LogP contribution >= 0.6 is 11.3 Å². The highest BCUT2D eigenvalue weighted by atomic mass is 32.1. The largest absolute Gasteiger partial charge is 0.476 e. The number of aromatic carboxylic acids is 1. The maximum absolute atomic E-state index is 10.9. The Morgan fingerprint density at radius 3 is 2.70 bits per heavy atom. The molecule has 1 saturated heterocycles. The SMILES string of the molecule is CC(c1nc(C(=O)O)cs1)N1CC(c2ccccc2)C1. The van der Waals surface area contributed by atoms with E-state index in [2.05, 4.69) is 41.1 Å². The van der Waals surface area contributed by atoms with Gasteiger partial charge in [-0.1, -0.05) is 30.3 Å². The summed E-state index contributed by atoms with van der Waals surface area (Å²) in [6.45, 7) is 4.10. The number of hydrogen-bond donors (Lipinski definition) is 1. The Kier molecular flexibility index (Phi) is 3.54. The molecule has 2 aromatic rings. The van der Waals surface area contributed by atoms with Crippen molar-refractivity contribution in [2.75, 3.05) is 13.1 Å². The first kappa shape index (κ1) is 13.3. The quantitative estimate of drug-likeness (QED) is 0.939. The molecule has 0 radical (unpaired) electrons. The van der Waals surface area contributed by atoms with Crippen molar-refractivity contribution in [1.82, 2.24) is 9.88 Å². The Morgan fingerprint density at radius 2 is 2.10 bits per heavy atom. The third-order valence-electron chi connectivity index (χ3n) is 3.83. The average molecular weight is 288 g/mol. The number of aromatic nitrogens is 1. The molecule has 3 rings (SSSR count). The minimum Gasteiger partial charge on any atom is -0.476 e. The Bertz CT molecular complexity index is 605. The summed E-state index contributed by atoms with van der Waals surface area (Å²) < 4.78 is 0. The Labute approximate surface area is 121 Å². The Hall–Kier alpha value is -1.72. The fourth-order valence-corrected chi connectivity index (χ4v) is 3.38. The molecule has 1 fully saturated rings. The van der Waals surface area contributed by atoms with Crippen LogP contribution in [0.4, 0.5) is 0 Å². The second-order valence-electron chi connectivity index (χ2n) is 5.11. The van der Waals surface area contributed by atoms with Gasteiger partial charge in [-0.25, -0.2) is 9.78 Å². The van der Waals surface area contributed by atoms with Crippen molar-refractivity contribution in [2.24, 2.45) is 0 Å². The van der Waals surface area contributed by atoms with Gasteiger partial charge in [0, 0.05) is 24.4 Å². The van der Waals surface area contributed by atoms with Crippen molar-refractivity contribution in [2.45, 2.75) is 18.9 Å². The van der Waals surface area contributed by atoms with Crippen LogP contribution in [0.5, 0.6) is 0 Å². The number of likely N-dealkylation sites (tertiary alicyclic amines) is 1. The van der Waals surface area contributed by atoms with Crippen molar-refractivity contribution >= 4 is 17.3 Å². The second-order valence-corrected chi connectivity index (χ2v) is 6.00. The molecule has 0 saturated carbocycles. The van der Waals surface area contributed by atoms with Crippen LogP contribution in [-0.4, -0.2) is 34.0 Å². The van der Waals surface area contributed by atoms with Gasteiger partial charge in [0.25, 0.3) is 0 Å². The molecule has 0 bridgehead atoms. The third-order valence-corrected chi connectivity index (χ3v) is 4.84. The fourth-order valence-electron chi connectivity index (χ4n) is 2.50. The summed E-state index contributed by atoms with van der Waals surface area (Å²) in [4.78, 5) is 17.4. The zero-order valence-corrected chi connectivity index (χ0v) is 12.0. The van der Waals surface area contributed by atoms with E-state index in [0.29, 0.717) is 5.92 Å². The first-order chi connectivity index (χ1) is 9.65. The van der Waals surface area contributed by atoms with E-state index in [1.807, 2.05) is 6.07 Å². The van der Waals surface area contributed by atoms with Gasteiger partial charge in [0.2, 0.25) is 0 Å². The van der Waals surface area contributed by atoms with E-state index < -0.39 is 5.97 Å². The van der Waals surface area contributed by atoms with Crippen LogP contribution in [0.15, 0.2) is 35.7 Å². The van der Waals surface area contributed by atoms with Gasteiger partial charge in [-0.3, -0.25) is 4.90 Å². The summed E-state index contributed by atoms with van der Waals surface area (Å²) >= 11 is 1.43. The van der Waals surface area contributed by atoms with Crippen LogP contribution in [0, 0.1) is 0 Å². The van der Waals surface area contributed by atoms with E-state index in [-0.39, 0.29) is 11.7 Å². The molecule has 1 aromatic heterocycles. The third kappa shape index (κ3) is 2.46. The normalized spacial score (nSPS) is 17.6. The van der Waals surface area contributed by atoms with Crippen molar-refractivity contribution in [1.29, 1.82) is 0 Å². The molecule has 0 spiro atoms. The molecule has 1 unspecified atom stereocenters. The number of hydrogen-bond acceptors (Lipinski definition) is 4. The highest BCUT2D eigenvalue weighted by Crippen LogP contribution is 2.34. The van der Waals surface area contributed by atoms with Crippen LogP contribution < -0.4 is 0 Å². The lowest BCUT2D eigenvalue weighted by Gasteiger charge is -2.42. The van der Waals surface area contributed by atoms with E-state index >= 15 is 0 Å². The lowest BCUT2D eigenvalue weighted by molar-refractivity contribution is 0.0689. The topological polar surface area (TPSA) is 53.4 Å². The van der Waals surface area contributed by atoms with Crippen LogP contribution in [-0.2, 0) is 0 Å². The highest BCUT2D eigenvalue weighted by molar-refractivity contribution is 7.09. The Balaban J connectivity index is 1.63. The fraction of sp³-hybridized carbons (Fsp3) is 0.333. The minimum atomic E-state index is -0.953. The number of carboxylic acid groups (broad SMARTS) is 1. The first-order valence-electron chi connectivity index (χ1n) is 6.63. The molecule has 1 aromatic carbocycles.